The summed E-state index contributed by atoms with van der Waals surface area (Å²) in [7, 11) is 1.81. The fourth-order valence-corrected chi connectivity index (χ4v) is 4.08. The molecule has 0 aliphatic carbocycles. The van der Waals surface area contributed by atoms with Gasteiger partial charge in [-0.2, -0.15) is 0 Å². The van der Waals surface area contributed by atoms with E-state index in [4.69, 9.17) is 9.15 Å². The zero-order valence-electron chi connectivity index (χ0n) is 17.5. The lowest BCUT2D eigenvalue weighted by atomic mass is 10.1. The molecule has 1 atom stereocenters. The molecule has 0 bridgehead atoms. The number of amides is 1. The first-order valence-electron chi connectivity index (χ1n) is 10.6. The number of ether oxygens (including phenoxy) is 1. The summed E-state index contributed by atoms with van der Waals surface area (Å²) in [4.78, 5) is 19.3. The molecule has 3 aromatic carbocycles. The largest absolute Gasteiger partial charge is 0.488 e. The first kappa shape index (κ1) is 19.4. The number of hydrogen-bond acceptors (Lipinski definition) is 4. The van der Waals surface area contributed by atoms with Crippen LogP contribution in [0.5, 0.6) is 5.75 Å². The zero-order valence-corrected chi connectivity index (χ0v) is 17.5. The fraction of sp³-hybridized carbons (Fsp3) is 0.231. The number of oxazole rings is 1. The third-order valence-corrected chi connectivity index (χ3v) is 5.69. The maximum atomic E-state index is 13.0. The Bertz CT molecular complexity index is 1190. The Hall–Kier alpha value is -3.60. The molecule has 4 aromatic rings. The molecule has 5 nitrogen and oxygen atoms in total. The molecule has 0 saturated carbocycles. The lowest BCUT2D eigenvalue weighted by Crippen LogP contribution is -2.36. The summed E-state index contributed by atoms with van der Waals surface area (Å²) in [6.07, 6.45) is 2.39. The molecule has 0 N–H and O–H groups in total. The van der Waals surface area contributed by atoms with Crippen LogP contribution in [0, 0.1) is 0 Å². The van der Waals surface area contributed by atoms with Crippen LogP contribution in [0.15, 0.2) is 77.2 Å². The van der Waals surface area contributed by atoms with E-state index in [1.54, 1.807) is 11.0 Å². The molecule has 0 fully saturated rings. The summed E-state index contributed by atoms with van der Waals surface area (Å²) < 4.78 is 11.9. The van der Waals surface area contributed by atoms with Gasteiger partial charge >= 0.3 is 0 Å². The van der Waals surface area contributed by atoms with Crippen molar-refractivity contribution < 1.29 is 13.9 Å². The Labute approximate surface area is 181 Å². The van der Waals surface area contributed by atoms with Gasteiger partial charge in [0.05, 0.1) is 6.54 Å². The SMILES string of the molecule is CN(C[C@@H]1Cc2ccccc2O1)C(=O)c1ccc2oc(CCc3ccccc3)nc2c1. The number of benzene rings is 3. The van der Waals surface area contributed by atoms with E-state index in [-0.39, 0.29) is 12.0 Å². The Kier molecular flexibility index (Phi) is 5.16. The predicted octanol–water partition coefficient (Wildman–Crippen LogP) is 4.69. The summed E-state index contributed by atoms with van der Waals surface area (Å²) >= 11 is 0. The average Bonchev–Trinajstić information content (AvgIpc) is 3.40. The van der Waals surface area contributed by atoms with Crippen LogP contribution in [0.4, 0.5) is 0 Å². The number of aromatic nitrogens is 1. The highest BCUT2D eigenvalue weighted by molar-refractivity contribution is 5.97. The first-order valence-corrected chi connectivity index (χ1v) is 10.6. The minimum atomic E-state index is -0.0460. The lowest BCUT2D eigenvalue weighted by Gasteiger charge is -2.21. The second-order valence-corrected chi connectivity index (χ2v) is 8.01. The third-order valence-electron chi connectivity index (χ3n) is 5.69. The van der Waals surface area contributed by atoms with Crippen LogP contribution in [0.2, 0.25) is 0 Å². The highest BCUT2D eigenvalue weighted by Crippen LogP contribution is 2.28. The van der Waals surface area contributed by atoms with Crippen molar-refractivity contribution in [2.24, 2.45) is 0 Å². The van der Waals surface area contributed by atoms with Gasteiger partial charge < -0.3 is 14.1 Å². The normalized spacial score (nSPS) is 14.9. The third kappa shape index (κ3) is 4.17. The van der Waals surface area contributed by atoms with Crippen LogP contribution in [-0.2, 0) is 19.3 Å². The lowest BCUT2D eigenvalue weighted by molar-refractivity contribution is 0.0730. The van der Waals surface area contributed by atoms with Gasteiger partial charge in [0.2, 0.25) is 0 Å². The number of aryl methyl sites for hydroxylation is 2. The van der Waals surface area contributed by atoms with Crippen LogP contribution in [0.3, 0.4) is 0 Å². The number of rotatable bonds is 6. The maximum Gasteiger partial charge on any atom is 0.253 e. The number of para-hydroxylation sites is 1. The van der Waals surface area contributed by atoms with Crippen molar-refractivity contribution in [2.45, 2.75) is 25.4 Å². The molecule has 0 saturated heterocycles. The monoisotopic (exact) mass is 412 g/mol. The maximum absolute atomic E-state index is 13.0. The van der Waals surface area contributed by atoms with Gasteiger partial charge in [-0.3, -0.25) is 4.79 Å². The van der Waals surface area contributed by atoms with Crippen LogP contribution in [-0.4, -0.2) is 35.5 Å². The predicted molar refractivity (Wildman–Crippen MR) is 119 cm³/mol. The Morgan fingerprint density at radius 2 is 1.84 bits per heavy atom. The zero-order chi connectivity index (χ0) is 21.2. The molecule has 1 aromatic heterocycles. The smallest absolute Gasteiger partial charge is 0.253 e. The van der Waals surface area contributed by atoms with Crippen molar-refractivity contribution in [3.63, 3.8) is 0 Å². The van der Waals surface area contributed by atoms with Crippen LogP contribution in [0.1, 0.15) is 27.4 Å². The van der Waals surface area contributed by atoms with E-state index in [0.29, 0.717) is 29.1 Å². The van der Waals surface area contributed by atoms with Gasteiger partial charge in [0, 0.05) is 25.5 Å². The Morgan fingerprint density at radius 1 is 1.03 bits per heavy atom. The highest BCUT2D eigenvalue weighted by atomic mass is 16.5. The van der Waals surface area contributed by atoms with E-state index in [1.807, 2.05) is 55.6 Å². The summed E-state index contributed by atoms with van der Waals surface area (Å²) in [6, 6.07) is 23.8. The molecule has 1 aliphatic heterocycles. The van der Waals surface area contributed by atoms with Gasteiger partial charge in [0.15, 0.2) is 11.5 Å². The van der Waals surface area contributed by atoms with Gasteiger partial charge in [-0.15, -0.1) is 0 Å². The average molecular weight is 412 g/mol. The molecule has 1 amide bonds. The number of hydrogen-bond donors (Lipinski definition) is 0. The number of likely N-dealkylation sites (N-methyl/N-ethyl adjacent to an activating group) is 1. The van der Waals surface area contributed by atoms with Gasteiger partial charge in [0.1, 0.15) is 17.4 Å². The summed E-state index contributed by atoms with van der Waals surface area (Å²) in [6.45, 7) is 0.534. The van der Waals surface area contributed by atoms with Crippen LogP contribution < -0.4 is 4.74 Å². The number of carbonyl (C=O) groups is 1. The fourth-order valence-electron chi connectivity index (χ4n) is 4.08. The van der Waals surface area contributed by atoms with E-state index in [0.717, 1.165) is 25.0 Å². The standard InChI is InChI=1S/C26H24N2O3/c1-28(17-21-15-19-9-5-6-10-23(19)30-21)26(29)20-12-13-24-22(16-20)27-25(31-24)14-11-18-7-3-2-4-8-18/h2-10,12-13,16,21H,11,14-15,17H2,1H3/t21-/m0/s1. The second kappa shape index (κ2) is 8.26. The number of nitrogens with zero attached hydrogens (tertiary/aromatic N) is 2. The number of carbonyl (C=O) groups excluding carboxylic acids is 1. The molecule has 5 rings (SSSR count). The molecule has 2 heterocycles. The Balaban J connectivity index is 1.24. The molecule has 156 valence electrons. The van der Waals surface area contributed by atoms with Crippen molar-refractivity contribution in [1.29, 1.82) is 0 Å². The first-order chi connectivity index (χ1) is 15.2. The van der Waals surface area contributed by atoms with E-state index in [9.17, 15) is 4.79 Å². The van der Waals surface area contributed by atoms with Crippen LogP contribution >= 0.6 is 0 Å². The van der Waals surface area contributed by atoms with E-state index in [1.165, 1.54) is 11.1 Å². The topological polar surface area (TPSA) is 55.6 Å². The van der Waals surface area contributed by atoms with E-state index in [2.05, 4.69) is 23.2 Å². The van der Waals surface area contributed by atoms with Crippen molar-refractivity contribution in [3.05, 3.63) is 95.4 Å². The molecule has 1 aliphatic rings. The minimum absolute atomic E-state index is 0.0216. The summed E-state index contributed by atoms with van der Waals surface area (Å²) in [5.41, 5.74) is 4.47. The molecule has 0 unspecified atom stereocenters. The molecule has 0 radical (unpaired) electrons. The summed E-state index contributed by atoms with van der Waals surface area (Å²) in [5.74, 6) is 1.56. The van der Waals surface area contributed by atoms with Gasteiger partial charge in [-0.25, -0.2) is 4.98 Å². The molecule has 0 spiro atoms. The molecular formula is C26H24N2O3. The van der Waals surface area contributed by atoms with Gasteiger partial charge in [-0.05, 0) is 41.8 Å². The second-order valence-electron chi connectivity index (χ2n) is 8.01. The van der Waals surface area contributed by atoms with Gasteiger partial charge in [-0.1, -0.05) is 48.5 Å². The Morgan fingerprint density at radius 3 is 2.68 bits per heavy atom. The minimum Gasteiger partial charge on any atom is -0.488 e. The molecular weight excluding hydrogens is 388 g/mol. The van der Waals surface area contributed by atoms with E-state index >= 15 is 0 Å². The summed E-state index contributed by atoms with van der Waals surface area (Å²) in [5, 5.41) is 0. The highest BCUT2D eigenvalue weighted by Gasteiger charge is 2.25. The van der Waals surface area contributed by atoms with Crippen molar-refractivity contribution in [2.75, 3.05) is 13.6 Å². The van der Waals surface area contributed by atoms with Crippen molar-refractivity contribution in [1.82, 2.24) is 9.88 Å². The van der Waals surface area contributed by atoms with E-state index < -0.39 is 0 Å². The van der Waals surface area contributed by atoms with Crippen molar-refractivity contribution in [3.8, 4) is 5.75 Å². The van der Waals surface area contributed by atoms with Crippen molar-refractivity contribution >= 4 is 17.0 Å². The quantitative estimate of drug-likeness (QED) is 0.461. The van der Waals surface area contributed by atoms with Gasteiger partial charge in [0.25, 0.3) is 5.91 Å². The molecule has 5 heteroatoms. The van der Waals surface area contributed by atoms with Crippen LogP contribution in [0.25, 0.3) is 11.1 Å². The molecule has 31 heavy (non-hydrogen) atoms. The number of fused-ring (bicyclic) bond motifs is 2.